The summed E-state index contributed by atoms with van der Waals surface area (Å²) in [5.74, 6) is 2.76. The molecule has 0 aliphatic carbocycles. The van der Waals surface area contributed by atoms with Crippen molar-refractivity contribution < 1.29 is 9.47 Å². The van der Waals surface area contributed by atoms with Gasteiger partial charge in [-0.2, -0.15) is 21.7 Å². The van der Waals surface area contributed by atoms with Gasteiger partial charge in [-0.15, -0.1) is 4.98 Å². The van der Waals surface area contributed by atoms with Crippen molar-refractivity contribution in [2.45, 2.75) is 13.3 Å². The molecule has 1 rings (SSSR count). The van der Waals surface area contributed by atoms with Crippen LogP contribution in [0, 0.1) is 0 Å². The number of hydrogen-bond acceptors (Lipinski definition) is 7. The fourth-order valence-electron chi connectivity index (χ4n) is 1.12. The highest BCUT2D eigenvalue weighted by Gasteiger charge is 2.05. The van der Waals surface area contributed by atoms with Crippen molar-refractivity contribution in [1.29, 1.82) is 0 Å². The Hall–Kier alpha value is -1.24. The van der Waals surface area contributed by atoms with Crippen molar-refractivity contribution in [3.8, 4) is 12.0 Å². The number of nitrogens with one attached hydrogen (secondary N) is 1. The van der Waals surface area contributed by atoms with Crippen LogP contribution in [-0.2, 0) is 0 Å². The Balaban J connectivity index is 2.46. The molecule has 0 fully saturated rings. The van der Waals surface area contributed by atoms with Crippen LogP contribution in [0.1, 0.15) is 13.3 Å². The normalized spacial score (nSPS) is 10.1. The standard InChI is InChI=1S/C10H18N4O2S/c1-4-17-7-5-6-11-8-12-9(15-2)14-10(13-8)16-3/h4-7H2,1-3H3,(H,11,12,13,14). The summed E-state index contributed by atoms with van der Waals surface area (Å²) in [6.45, 7) is 2.98. The number of ether oxygens (including phenoxy) is 2. The minimum atomic E-state index is 0.252. The Kier molecular flexibility index (Phi) is 6.46. The van der Waals surface area contributed by atoms with Gasteiger partial charge in [-0.1, -0.05) is 6.92 Å². The van der Waals surface area contributed by atoms with Gasteiger partial charge in [-0.25, -0.2) is 0 Å². The van der Waals surface area contributed by atoms with Crippen LogP contribution >= 0.6 is 11.8 Å². The van der Waals surface area contributed by atoms with Crippen LogP contribution in [0.5, 0.6) is 12.0 Å². The first-order valence-electron chi connectivity index (χ1n) is 5.45. The van der Waals surface area contributed by atoms with Gasteiger partial charge in [0.05, 0.1) is 14.2 Å². The zero-order valence-corrected chi connectivity index (χ0v) is 11.2. The first-order chi connectivity index (χ1) is 8.30. The van der Waals surface area contributed by atoms with E-state index in [4.69, 9.17) is 9.47 Å². The van der Waals surface area contributed by atoms with E-state index in [9.17, 15) is 0 Å². The van der Waals surface area contributed by atoms with Gasteiger partial charge in [0.2, 0.25) is 5.95 Å². The van der Waals surface area contributed by atoms with Crippen molar-refractivity contribution in [2.24, 2.45) is 0 Å². The van der Waals surface area contributed by atoms with E-state index in [1.165, 1.54) is 14.2 Å². The van der Waals surface area contributed by atoms with E-state index >= 15 is 0 Å². The van der Waals surface area contributed by atoms with E-state index in [-0.39, 0.29) is 12.0 Å². The lowest BCUT2D eigenvalue weighted by Crippen LogP contribution is -2.09. The summed E-state index contributed by atoms with van der Waals surface area (Å²) in [4.78, 5) is 12.1. The molecule has 1 aromatic rings. The van der Waals surface area contributed by atoms with Crippen molar-refractivity contribution in [1.82, 2.24) is 15.0 Å². The van der Waals surface area contributed by atoms with Gasteiger partial charge in [0.15, 0.2) is 0 Å². The Bertz CT molecular complexity index is 316. The lowest BCUT2D eigenvalue weighted by molar-refractivity contribution is 0.341. The maximum Gasteiger partial charge on any atom is 0.324 e. The Labute approximate surface area is 106 Å². The zero-order chi connectivity index (χ0) is 12.5. The highest BCUT2D eigenvalue weighted by molar-refractivity contribution is 7.99. The third-order valence-corrected chi connectivity index (χ3v) is 2.90. The Morgan fingerprint density at radius 1 is 1.12 bits per heavy atom. The summed E-state index contributed by atoms with van der Waals surface area (Å²) >= 11 is 1.92. The van der Waals surface area contributed by atoms with E-state index in [0.29, 0.717) is 5.95 Å². The molecule has 0 atom stereocenters. The van der Waals surface area contributed by atoms with E-state index in [1.54, 1.807) is 0 Å². The summed E-state index contributed by atoms with van der Waals surface area (Å²) in [5, 5.41) is 3.12. The van der Waals surface area contributed by atoms with Crippen LogP contribution in [0.25, 0.3) is 0 Å². The molecule has 96 valence electrons. The van der Waals surface area contributed by atoms with Gasteiger partial charge < -0.3 is 14.8 Å². The fraction of sp³-hybridized carbons (Fsp3) is 0.700. The van der Waals surface area contributed by atoms with Gasteiger partial charge in [0.25, 0.3) is 0 Å². The molecule has 0 aromatic carbocycles. The largest absolute Gasteiger partial charge is 0.467 e. The molecule has 7 heteroatoms. The summed E-state index contributed by atoms with van der Waals surface area (Å²) in [5.41, 5.74) is 0. The van der Waals surface area contributed by atoms with Crippen molar-refractivity contribution in [3.05, 3.63) is 0 Å². The van der Waals surface area contributed by atoms with Gasteiger partial charge in [-0.05, 0) is 17.9 Å². The second-order valence-corrected chi connectivity index (χ2v) is 4.50. The molecule has 0 aliphatic rings. The van der Waals surface area contributed by atoms with Gasteiger partial charge >= 0.3 is 12.0 Å². The van der Waals surface area contributed by atoms with E-state index in [0.717, 1.165) is 24.5 Å². The molecular weight excluding hydrogens is 240 g/mol. The van der Waals surface area contributed by atoms with Crippen molar-refractivity contribution >= 4 is 17.7 Å². The zero-order valence-electron chi connectivity index (χ0n) is 10.4. The minimum Gasteiger partial charge on any atom is -0.467 e. The average molecular weight is 258 g/mol. The van der Waals surface area contributed by atoms with E-state index in [1.807, 2.05) is 11.8 Å². The highest BCUT2D eigenvalue weighted by atomic mass is 32.2. The van der Waals surface area contributed by atoms with Crippen LogP contribution in [0.3, 0.4) is 0 Å². The number of hydrogen-bond donors (Lipinski definition) is 1. The fourth-order valence-corrected chi connectivity index (χ4v) is 1.76. The molecule has 6 nitrogen and oxygen atoms in total. The van der Waals surface area contributed by atoms with Crippen molar-refractivity contribution in [3.63, 3.8) is 0 Å². The van der Waals surface area contributed by atoms with Crippen LogP contribution in [-0.4, -0.2) is 47.2 Å². The number of methoxy groups -OCH3 is 2. The first kappa shape index (κ1) is 13.8. The average Bonchev–Trinajstić information content (AvgIpc) is 2.38. The molecule has 0 spiro atoms. The predicted octanol–water partition coefficient (Wildman–Crippen LogP) is 1.44. The van der Waals surface area contributed by atoms with E-state index < -0.39 is 0 Å². The quantitative estimate of drug-likeness (QED) is 0.707. The first-order valence-corrected chi connectivity index (χ1v) is 6.61. The van der Waals surface area contributed by atoms with Gasteiger partial charge in [0, 0.05) is 6.54 Å². The molecule has 1 heterocycles. The third kappa shape index (κ3) is 5.08. The van der Waals surface area contributed by atoms with E-state index in [2.05, 4.69) is 27.2 Å². The van der Waals surface area contributed by atoms with Crippen molar-refractivity contribution in [2.75, 3.05) is 37.6 Å². The monoisotopic (exact) mass is 258 g/mol. The number of anilines is 1. The molecule has 0 radical (unpaired) electrons. The van der Waals surface area contributed by atoms with Crippen LogP contribution in [0.15, 0.2) is 0 Å². The Morgan fingerprint density at radius 3 is 2.29 bits per heavy atom. The molecule has 17 heavy (non-hydrogen) atoms. The number of thioether (sulfide) groups is 1. The summed E-state index contributed by atoms with van der Waals surface area (Å²) in [6.07, 6.45) is 1.06. The molecule has 0 unspecified atom stereocenters. The van der Waals surface area contributed by atoms with Crippen LogP contribution < -0.4 is 14.8 Å². The highest BCUT2D eigenvalue weighted by Crippen LogP contribution is 2.12. The second-order valence-electron chi connectivity index (χ2n) is 3.11. The summed E-state index contributed by atoms with van der Waals surface area (Å²) in [7, 11) is 3.02. The number of rotatable bonds is 8. The molecule has 1 N–H and O–H groups in total. The topological polar surface area (TPSA) is 69.2 Å². The third-order valence-electron chi connectivity index (χ3n) is 1.91. The second kappa shape index (κ2) is 7.94. The van der Waals surface area contributed by atoms with Crippen LogP contribution in [0.4, 0.5) is 5.95 Å². The molecule has 0 bridgehead atoms. The SMILES string of the molecule is CCSCCCNc1nc(OC)nc(OC)n1. The number of nitrogens with zero attached hydrogens (tertiary/aromatic N) is 3. The predicted molar refractivity (Wildman–Crippen MR) is 69.0 cm³/mol. The summed E-state index contributed by atoms with van der Waals surface area (Å²) in [6, 6.07) is 0.504. The van der Waals surface area contributed by atoms with Gasteiger partial charge in [0.1, 0.15) is 0 Å². The minimum absolute atomic E-state index is 0.252. The lowest BCUT2D eigenvalue weighted by atomic mass is 10.5. The molecular formula is C10H18N4O2S. The molecule has 0 amide bonds. The number of aromatic nitrogens is 3. The molecule has 0 saturated heterocycles. The van der Waals surface area contributed by atoms with Crippen LogP contribution in [0.2, 0.25) is 0 Å². The summed E-state index contributed by atoms with van der Waals surface area (Å²) < 4.78 is 9.91. The smallest absolute Gasteiger partial charge is 0.324 e. The molecule has 0 saturated carbocycles. The molecule has 0 aliphatic heterocycles. The molecule has 1 aromatic heterocycles. The van der Waals surface area contributed by atoms with Gasteiger partial charge in [-0.3, -0.25) is 0 Å². The Morgan fingerprint density at radius 2 is 1.76 bits per heavy atom. The maximum absolute atomic E-state index is 4.96. The maximum atomic E-state index is 4.96. The lowest BCUT2D eigenvalue weighted by Gasteiger charge is -2.06.